The van der Waals surface area contributed by atoms with Crippen molar-refractivity contribution in [2.24, 2.45) is 5.92 Å². The monoisotopic (exact) mass is 356 g/mol. The summed E-state index contributed by atoms with van der Waals surface area (Å²) >= 11 is 0. The summed E-state index contributed by atoms with van der Waals surface area (Å²) in [5, 5.41) is 13.1. The molecular formula is C18H24N6O2. The summed E-state index contributed by atoms with van der Waals surface area (Å²) in [6.07, 6.45) is 0.846. The average molecular weight is 356 g/mol. The molecule has 1 amide bonds. The van der Waals surface area contributed by atoms with Crippen molar-refractivity contribution in [1.82, 2.24) is 24.9 Å². The molecule has 0 N–H and O–H groups in total. The zero-order valence-corrected chi connectivity index (χ0v) is 15.3. The summed E-state index contributed by atoms with van der Waals surface area (Å²) in [5.74, 6) is 1.83. The normalized spacial score (nSPS) is 20.6. The lowest BCUT2D eigenvalue weighted by Crippen LogP contribution is -2.50. The van der Waals surface area contributed by atoms with Crippen molar-refractivity contribution in [3.05, 3.63) is 29.6 Å². The number of piperazine rings is 1. The molecule has 2 fully saturated rings. The van der Waals surface area contributed by atoms with E-state index in [1.54, 1.807) is 4.68 Å². The molecule has 2 aromatic heterocycles. The van der Waals surface area contributed by atoms with E-state index in [0.717, 1.165) is 55.6 Å². The summed E-state index contributed by atoms with van der Waals surface area (Å²) < 4.78 is 7.13. The summed E-state index contributed by atoms with van der Waals surface area (Å²) in [6, 6.07) is 5.93. The maximum Gasteiger partial charge on any atom is 0.228 e. The third kappa shape index (κ3) is 3.29. The van der Waals surface area contributed by atoms with Crippen LogP contribution in [0.5, 0.6) is 0 Å². The van der Waals surface area contributed by atoms with Crippen LogP contribution in [-0.2, 0) is 9.53 Å². The number of amides is 1. The Morgan fingerprint density at radius 3 is 2.42 bits per heavy atom. The van der Waals surface area contributed by atoms with Crippen LogP contribution in [0.15, 0.2) is 18.2 Å². The van der Waals surface area contributed by atoms with Gasteiger partial charge in [0.15, 0.2) is 11.6 Å². The van der Waals surface area contributed by atoms with Crippen LogP contribution in [0.3, 0.4) is 0 Å². The lowest BCUT2D eigenvalue weighted by atomic mass is 10.1. The van der Waals surface area contributed by atoms with Gasteiger partial charge in [-0.3, -0.25) is 4.79 Å². The highest BCUT2D eigenvalue weighted by molar-refractivity contribution is 5.79. The SMILES string of the molecule is Cc1cc(C)n(-c2ccc(N3CCN(C(=O)C4CCOC4)CC3)nn2)n1. The molecule has 2 aliphatic heterocycles. The number of aromatic nitrogens is 4. The Morgan fingerprint density at radius 1 is 1.12 bits per heavy atom. The van der Waals surface area contributed by atoms with Crippen LogP contribution in [0.25, 0.3) is 5.82 Å². The quantitative estimate of drug-likeness (QED) is 0.815. The second kappa shape index (κ2) is 7.03. The van der Waals surface area contributed by atoms with E-state index >= 15 is 0 Å². The molecular weight excluding hydrogens is 332 g/mol. The van der Waals surface area contributed by atoms with E-state index in [0.29, 0.717) is 13.2 Å². The van der Waals surface area contributed by atoms with Gasteiger partial charge in [0.25, 0.3) is 0 Å². The van der Waals surface area contributed by atoms with E-state index in [4.69, 9.17) is 4.74 Å². The molecule has 0 aliphatic carbocycles. The standard InChI is InChI=1S/C18H24N6O2/c1-13-11-14(2)24(21-13)17-4-3-16(19-20-17)22-6-8-23(9-7-22)18(25)15-5-10-26-12-15/h3-4,11,15H,5-10,12H2,1-2H3. The first-order valence-electron chi connectivity index (χ1n) is 9.10. The summed E-state index contributed by atoms with van der Waals surface area (Å²) in [7, 11) is 0. The topological polar surface area (TPSA) is 76.4 Å². The molecule has 0 spiro atoms. The second-order valence-corrected chi connectivity index (χ2v) is 6.96. The zero-order chi connectivity index (χ0) is 18.1. The first-order valence-corrected chi connectivity index (χ1v) is 9.10. The Labute approximate surface area is 152 Å². The predicted octanol–water partition coefficient (Wildman–Crippen LogP) is 0.964. The molecule has 1 atom stereocenters. The van der Waals surface area contributed by atoms with Gasteiger partial charge in [0.1, 0.15) is 0 Å². The fourth-order valence-electron chi connectivity index (χ4n) is 3.60. The Bertz CT molecular complexity index is 773. The number of anilines is 1. The van der Waals surface area contributed by atoms with Crippen LogP contribution >= 0.6 is 0 Å². The van der Waals surface area contributed by atoms with Crippen molar-refractivity contribution in [2.75, 3.05) is 44.3 Å². The molecule has 8 nitrogen and oxygen atoms in total. The molecule has 0 aromatic carbocycles. The van der Waals surface area contributed by atoms with Gasteiger partial charge in [-0.2, -0.15) is 5.10 Å². The van der Waals surface area contributed by atoms with Gasteiger partial charge in [0, 0.05) is 38.5 Å². The number of ether oxygens (including phenoxy) is 1. The smallest absolute Gasteiger partial charge is 0.228 e. The highest BCUT2D eigenvalue weighted by Crippen LogP contribution is 2.19. The molecule has 8 heteroatoms. The van der Waals surface area contributed by atoms with Gasteiger partial charge in [-0.1, -0.05) is 0 Å². The lowest BCUT2D eigenvalue weighted by molar-refractivity contribution is -0.135. The van der Waals surface area contributed by atoms with E-state index < -0.39 is 0 Å². The van der Waals surface area contributed by atoms with E-state index in [2.05, 4.69) is 20.2 Å². The van der Waals surface area contributed by atoms with Crippen molar-refractivity contribution >= 4 is 11.7 Å². The molecule has 0 saturated carbocycles. The van der Waals surface area contributed by atoms with Gasteiger partial charge in [0.2, 0.25) is 5.91 Å². The van der Waals surface area contributed by atoms with Gasteiger partial charge in [-0.25, -0.2) is 4.68 Å². The molecule has 138 valence electrons. The van der Waals surface area contributed by atoms with Gasteiger partial charge >= 0.3 is 0 Å². The highest BCUT2D eigenvalue weighted by Gasteiger charge is 2.30. The minimum Gasteiger partial charge on any atom is -0.381 e. The summed E-state index contributed by atoms with van der Waals surface area (Å²) in [4.78, 5) is 16.6. The third-order valence-corrected chi connectivity index (χ3v) is 5.06. The summed E-state index contributed by atoms with van der Waals surface area (Å²) in [5.41, 5.74) is 1.99. The largest absolute Gasteiger partial charge is 0.381 e. The van der Waals surface area contributed by atoms with Crippen LogP contribution in [0.2, 0.25) is 0 Å². The summed E-state index contributed by atoms with van der Waals surface area (Å²) in [6.45, 7) is 8.21. The van der Waals surface area contributed by atoms with Crippen molar-refractivity contribution in [2.45, 2.75) is 20.3 Å². The fourth-order valence-corrected chi connectivity index (χ4v) is 3.60. The Kier molecular flexibility index (Phi) is 4.58. The minimum atomic E-state index is 0.0430. The number of carbonyl (C=O) groups excluding carboxylic acids is 1. The Hall–Kier alpha value is -2.48. The molecule has 0 radical (unpaired) electrons. The van der Waals surface area contributed by atoms with Gasteiger partial charge in [0.05, 0.1) is 18.2 Å². The number of nitrogens with zero attached hydrogens (tertiary/aromatic N) is 6. The average Bonchev–Trinajstić information content (AvgIpc) is 3.31. The molecule has 2 aromatic rings. The van der Waals surface area contributed by atoms with Gasteiger partial charge in [-0.15, -0.1) is 10.2 Å². The van der Waals surface area contributed by atoms with Crippen molar-refractivity contribution in [3.63, 3.8) is 0 Å². The maximum atomic E-state index is 12.5. The first kappa shape index (κ1) is 17.0. The Balaban J connectivity index is 1.38. The molecule has 2 saturated heterocycles. The minimum absolute atomic E-state index is 0.0430. The number of aryl methyl sites for hydroxylation is 2. The number of carbonyl (C=O) groups is 1. The fraction of sp³-hybridized carbons (Fsp3) is 0.556. The lowest BCUT2D eigenvalue weighted by Gasteiger charge is -2.36. The van der Waals surface area contributed by atoms with Crippen molar-refractivity contribution in [3.8, 4) is 5.82 Å². The number of hydrogen-bond donors (Lipinski definition) is 0. The van der Waals surface area contributed by atoms with E-state index in [1.165, 1.54) is 0 Å². The van der Waals surface area contributed by atoms with Crippen LogP contribution in [0.1, 0.15) is 17.8 Å². The molecule has 0 bridgehead atoms. The van der Waals surface area contributed by atoms with Crippen molar-refractivity contribution < 1.29 is 9.53 Å². The first-order chi connectivity index (χ1) is 12.6. The van der Waals surface area contributed by atoms with Crippen LogP contribution in [0, 0.1) is 19.8 Å². The van der Waals surface area contributed by atoms with E-state index in [9.17, 15) is 4.79 Å². The number of rotatable bonds is 3. The van der Waals surface area contributed by atoms with Gasteiger partial charge in [-0.05, 0) is 38.5 Å². The van der Waals surface area contributed by atoms with Crippen LogP contribution in [0.4, 0.5) is 5.82 Å². The second-order valence-electron chi connectivity index (χ2n) is 6.96. The third-order valence-electron chi connectivity index (χ3n) is 5.06. The van der Waals surface area contributed by atoms with E-state index in [1.807, 2.05) is 36.9 Å². The maximum absolute atomic E-state index is 12.5. The Morgan fingerprint density at radius 2 is 1.85 bits per heavy atom. The van der Waals surface area contributed by atoms with E-state index in [-0.39, 0.29) is 11.8 Å². The highest BCUT2D eigenvalue weighted by atomic mass is 16.5. The predicted molar refractivity (Wildman–Crippen MR) is 96.3 cm³/mol. The van der Waals surface area contributed by atoms with Gasteiger partial charge < -0.3 is 14.5 Å². The number of hydrogen-bond acceptors (Lipinski definition) is 6. The molecule has 4 heterocycles. The molecule has 26 heavy (non-hydrogen) atoms. The zero-order valence-electron chi connectivity index (χ0n) is 15.3. The molecule has 1 unspecified atom stereocenters. The molecule has 4 rings (SSSR count). The van der Waals surface area contributed by atoms with Crippen LogP contribution < -0.4 is 4.90 Å². The molecule has 2 aliphatic rings. The van der Waals surface area contributed by atoms with Crippen molar-refractivity contribution in [1.29, 1.82) is 0 Å². The van der Waals surface area contributed by atoms with Crippen LogP contribution in [-0.4, -0.2) is 70.2 Å².